The summed E-state index contributed by atoms with van der Waals surface area (Å²) >= 11 is 1.31. The van der Waals surface area contributed by atoms with E-state index < -0.39 is 0 Å². The molecule has 0 aliphatic carbocycles. The van der Waals surface area contributed by atoms with Crippen LogP contribution < -0.4 is 10.9 Å². The number of hydrogen-bond acceptors (Lipinski definition) is 5. The van der Waals surface area contributed by atoms with Gasteiger partial charge >= 0.3 is 0 Å². The molecule has 3 aromatic carbocycles. The maximum Gasteiger partial charge on any atom is 0.262 e. The first kappa shape index (κ1) is 23.8. The molecule has 0 atom stereocenters. The van der Waals surface area contributed by atoms with Crippen molar-refractivity contribution in [2.75, 3.05) is 11.1 Å². The molecule has 36 heavy (non-hydrogen) atoms. The monoisotopic (exact) mass is 497 g/mol. The van der Waals surface area contributed by atoms with E-state index in [9.17, 15) is 9.59 Å². The standard InChI is InChI=1S/C28H27N5O2S/c1-2-3-17-32-26(35)22-14-8-10-16-24(22)33-27(32)30-31-28(33)36-19-25(34)29-23-15-9-7-13-21(23)18-20-11-5-4-6-12-20/h4-16H,2-3,17-19H2,1H3,(H,29,34). The summed E-state index contributed by atoms with van der Waals surface area (Å²) in [6, 6.07) is 25.5. The quantitative estimate of drug-likeness (QED) is 0.284. The normalized spacial score (nSPS) is 11.2. The Morgan fingerprint density at radius 1 is 0.944 bits per heavy atom. The van der Waals surface area contributed by atoms with Crippen LogP contribution in [0.3, 0.4) is 0 Å². The number of thioether (sulfide) groups is 1. The van der Waals surface area contributed by atoms with Gasteiger partial charge in [0.2, 0.25) is 11.7 Å². The van der Waals surface area contributed by atoms with E-state index in [1.54, 1.807) is 4.57 Å². The van der Waals surface area contributed by atoms with E-state index >= 15 is 0 Å². The minimum Gasteiger partial charge on any atom is -0.325 e. The Morgan fingerprint density at radius 3 is 2.53 bits per heavy atom. The number of amides is 1. The van der Waals surface area contributed by atoms with Gasteiger partial charge in [-0.05, 0) is 42.2 Å². The van der Waals surface area contributed by atoms with E-state index in [1.165, 1.54) is 17.3 Å². The summed E-state index contributed by atoms with van der Waals surface area (Å²) in [6.45, 7) is 2.66. The van der Waals surface area contributed by atoms with Crippen LogP contribution in [0.4, 0.5) is 5.69 Å². The number of hydrogen-bond donors (Lipinski definition) is 1. The Kier molecular flexibility index (Phi) is 7.13. The Labute approximate surface area is 213 Å². The molecule has 5 rings (SSSR count). The fraction of sp³-hybridized carbons (Fsp3) is 0.214. The third-order valence-corrected chi connectivity index (χ3v) is 7.00. The van der Waals surface area contributed by atoms with Crippen LogP contribution in [-0.2, 0) is 17.8 Å². The lowest BCUT2D eigenvalue weighted by atomic mass is 10.0. The Morgan fingerprint density at radius 2 is 1.69 bits per heavy atom. The molecule has 0 aliphatic heterocycles. The molecule has 0 unspecified atom stereocenters. The van der Waals surface area contributed by atoms with Crippen molar-refractivity contribution in [1.82, 2.24) is 19.2 Å². The Bertz CT molecular complexity index is 1580. The van der Waals surface area contributed by atoms with Crippen LogP contribution in [0.2, 0.25) is 0 Å². The molecule has 8 heteroatoms. The highest BCUT2D eigenvalue weighted by atomic mass is 32.2. The SMILES string of the molecule is CCCCn1c(=O)c2ccccc2n2c(SCC(=O)Nc3ccccc3Cc3ccccc3)nnc12. The second-order valence-electron chi connectivity index (χ2n) is 8.60. The minimum absolute atomic E-state index is 0.0664. The van der Waals surface area contributed by atoms with Crippen molar-refractivity contribution in [3.63, 3.8) is 0 Å². The number of carbonyl (C=O) groups excluding carboxylic acids is 1. The van der Waals surface area contributed by atoms with Crippen LogP contribution in [0.25, 0.3) is 16.7 Å². The van der Waals surface area contributed by atoms with E-state index in [0.29, 0.717) is 22.9 Å². The van der Waals surface area contributed by atoms with Crippen molar-refractivity contribution >= 4 is 40.0 Å². The van der Waals surface area contributed by atoms with Gasteiger partial charge in [0.15, 0.2) is 5.16 Å². The molecular weight excluding hydrogens is 470 g/mol. The first-order valence-corrected chi connectivity index (χ1v) is 13.1. The summed E-state index contributed by atoms with van der Waals surface area (Å²) < 4.78 is 3.57. The first-order chi connectivity index (χ1) is 17.7. The van der Waals surface area contributed by atoms with Gasteiger partial charge in [-0.1, -0.05) is 85.8 Å². The second-order valence-corrected chi connectivity index (χ2v) is 9.54. The average Bonchev–Trinajstić information content (AvgIpc) is 3.33. The number of nitrogens with one attached hydrogen (secondary N) is 1. The van der Waals surface area contributed by atoms with E-state index in [0.717, 1.165) is 36.0 Å². The number of carbonyl (C=O) groups is 1. The van der Waals surface area contributed by atoms with Gasteiger partial charge in [0.1, 0.15) is 0 Å². The lowest BCUT2D eigenvalue weighted by Crippen LogP contribution is -2.23. The van der Waals surface area contributed by atoms with Gasteiger partial charge in [-0.3, -0.25) is 18.6 Å². The number of unbranched alkanes of at least 4 members (excludes halogenated alkanes) is 1. The minimum atomic E-state index is -0.124. The van der Waals surface area contributed by atoms with Crippen LogP contribution in [0.5, 0.6) is 0 Å². The number of aryl methyl sites for hydroxylation is 1. The highest BCUT2D eigenvalue weighted by molar-refractivity contribution is 7.99. The molecule has 0 saturated heterocycles. The lowest BCUT2D eigenvalue weighted by Gasteiger charge is -2.12. The maximum atomic E-state index is 13.1. The van der Waals surface area contributed by atoms with Crippen molar-refractivity contribution < 1.29 is 4.79 Å². The van der Waals surface area contributed by atoms with Crippen molar-refractivity contribution in [3.05, 3.63) is 100 Å². The summed E-state index contributed by atoms with van der Waals surface area (Å²) in [5, 5.41) is 12.9. The molecule has 2 heterocycles. The number of benzene rings is 3. The zero-order chi connectivity index (χ0) is 24.9. The maximum absolute atomic E-state index is 13.1. The summed E-state index contributed by atoms with van der Waals surface area (Å²) in [4.78, 5) is 26.0. The second kappa shape index (κ2) is 10.8. The van der Waals surface area contributed by atoms with Gasteiger partial charge in [-0.2, -0.15) is 0 Å². The number of para-hydroxylation sites is 2. The van der Waals surface area contributed by atoms with Crippen LogP contribution in [-0.4, -0.2) is 30.8 Å². The summed E-state index contributed by atoms with van der Waals surface area (Å²) in [6.07, 6.45) is 2.57. The first-order valence-electron chi connectivity index (χ1n) is 12.1. The average molecular weight is 498 g/mol. The van der Waals surface area contributed by atoms with Gasteiger partial charge in [0.25, 0.3) is 5.56 Å². The highest BCUT2D eigenvalue weighted by Gasteiger charge is 2.17. The Balaban J connectivity index is 1.38. The predicted octanol–water partition coefficient (Wildman–Crippen LogP) is 5.17. The fourth-order valence-electron chi connectivity index (χ4n) is 4.27. The number of nitrogens with zero attached hydrogens (tertiary/aromatic N) is 4. The lowest BCUT2D eigenvalue weighted by molar-refractivity contribution is -0.113. The third kappa shape index (κ3) is 4.90. The molecule has 0 saturated carbocycles. The molecule has 5 aromatic rings. The molecular formula is C28H27N5O2S. The van der Waals surface area contributed by atoms with Gasteiger partial charge in [-0.25, -0.2) is 0 Å². The number of fused-ring (bicyclic) bond motifs is 3. The zero-order valence-corrected chi connectivity index (χ0v) is 20.9. The van der Waals surface area contributed by atoms with Crippen molar-refractivity contribution in [2.24, 2.45) is 0 Å². The molecule has 1 amide bonds. The number of aromatic nitrogens is 4. The molecule has 182 valence electrons. The van der Waals surface area contributed by atoms with Gasteiger partial charge in [0, 0.05) is 12.2 Å². The van der Waals surface area contributed by atoms with E-state index in [4.69, 9.17) is 0 Å². The van der Waals surface area contributed by atoms with Crippen LogP contribution in [0.15, 0.2) is 88.8 Å². The summed E-state index contributed by atoms with van der Waals surface area (Å²) in [7, 11) is 0. The van der Waals surface area contributed by atoms with Crippen LogP contribution in [0, 0.1) is 0 Å². The molecule has 0 aliphatic rings. The topological polar surface area (TPSA) is 81.3 Å². The molecule has 0 radical (unpaired) electrons. The molecule has 0 bridgehead atoms. The number of rotatable bonds is 9. The van der Waals surface area contributed by atoms with Crippen LogP contribution >= 0.6 is 11.8 Å². The van der Waals surface area contributed by atoms with Gasteiger partial charge in [-0.15, -0.1) is 10.2 Å². The van der Waals surface area contributed by atoms with Crippen molar-refractivity contribution in [2.45, 2.75) is 37.9 Å². The van der Waals surface area contributed by atoms with E-state index in [2.05, 4.69) is 34.6 Å². The van der Waals surface area contributed by atoms with Crippen LogP contribution in [0.1, 0.15) is 30.9 Å². The van der Waals surface area contributed by atoms with Crippen molar-refractivity contribution in [1.29, 1.82) is 0 Å². The summed E-state index contributed by atoms with van der Waals surface area (Å²) in [5.74, 6) is 0.548. The molecule has 0 spiro atoms. The largest absolute Gasteiger partial charge is 0.325 e. The molecule has 1 N–H and O–H groups in total. The fourth-order valence-corrected chi connectivity index (χ4v) is 5.01. The summed E-state index contributed by atoms with van der Waals surface area (Å²) in [5.41, 5.74) is 3.72. The molecule has 2 aromatic heterocycles. The Hall–Kier alpha value is -3.91. The van der Waals surface area contributed by atoms with E-state index in [-0.39, 0.29) is 17.2 Å². The molecule has 7 nitrogen and oxygen atoms in total. The predicted molar refractivity (Wildman–Crippen MR) is 145 cm³/mol. The smallest absolute Gasteiger partial charge is 0.262 e. The third-order valence-electron chi connectivity index (χ3n) is 6.07. The van der Waals surface area contributed by atoms with Gasteiger partial charge in [0.05, 0.1) is 16.7 Å². The molecule has 0 fully saturated rings. The number of anilines is 1. The van der Waals surface area contributed by atoms with Crippen molar-refractivity contribution in [3.8, 4) is 0 Å². The zero-order valence-electron chi connectivity index (χ0n) is 20.1. The van der Waals surface area contributed by atoms with E-state index in [1.807, 2.05) is 71.1 Å². The highest BCUT2D eigenvalue weighted by Crippen LogP contribution is 2.23. The van der Waals surface area contributed by atoms with Gasteiger partial charge < -0.3 is 5.32 Å².